The molecule has 0 spiro atoms. The molecule has 3 N–H and O–H groups in total. The van der Waals surface area contributed by atoms with E-state index in [2.05, 4.69) is 36.2 Å². The van der Waals surface area contributed by atoms with Crippen LogP contribution in [0.1, 0.15) is 11.5 Å². The van der Waals surface area contributed by atoms with Gasteiger partial charge in [0.05, 0.1) is 12.1 Å². The zero-order valence-corrected chi connectivity index (χ0v) is 14.7. The maximum atomic E-state index is 9.01. The third-order valence-corrected chi connectivity index (χ3v) is 4.24. The number of pyridine rings is 1. The van der Waals surface area contributed by atoms with Crippen molar-refractivity contribution in [2.45, 2.75) is 13.2 Å². The lowest BCUT2D eigenvalue weighted by molar-refractivity contribution is 0.244. The molecule has 126 valence electrons. The SMILES string of the molecule is OCc1ccc(CNc2ccc(-c3nc4ncc(Br)cc4[nH]3)cc2)o1. The predicted molar refractivity (Wildman–Crippen MR) is 99.0 cm³/mol. The topological polar surface area (TPSA) is 87.0 Å². The Kier molecular flexibility index (Phi) is 4.25. The summed E-state index contributed by atoms with van der Waals surface area (Å²) in [6, 6.07) is 13.6. The summed E-state index contributed by atoms with van der Waals surface area (Å²) in [5.74, 6) is 2.13. The molecule has 4 aromatic rings. The van der Waals surface area contributed by atoms with Gasteiger partial charge in [-0.2, -0.15) is 0 Å². The molecule has 0 fully saturated rings. The molecule has 6 nitrogen and oxygen atoms in total. The monoisotopic (exact) mass is 398 g/mol. The average Bonchev–Trinajstić information content (AvgIpc) is 3.26. The van der Waals surface area contributed by atoms with Crippen molar-refractivity contribution < 1.29 is 9.52 Å². The van der Waals surface area contributed by atoms with E-state index < -0.39 is 0 Å². The highest BCUT2D eigenvalue weighted by atomic mass is 79.9. The lowest BCUT2D eigenvalue weighted by Crippen LogP contribution is -1.97. The number of furan rings is 1. The number of fused-ring (bicyclic) bond motifs is 1. The second-order valence-corrected chi connectivity index (χ2v) is 6.48. The first kappa shape index (κ1) is 15.9. The number of anilines is 1. The molecule has 0 saturated carbocycles. The third kappa shape index (κ3) is 3.42. The van der Waals surface area contributed by atoms with Crippen molar-refractivity contribution in [3.05, 3.63) is 64.7 Å². The molecule has 0 aliphatic carbocycles. The van der Waals surface area contributed by atoms with Crippen molar-refractivity contribution >= 4 is 32.8 Å². The van der Waals surface area contributed by atoms with Crippen LogP contribution < -0.4 is 5.32 Å². The van der Waals surface area contributed by atoms with Gasteiger partial charge < -0.3 is 19.8 Å². The van der Waals surface area contributed by atoms with Gasteiger partial charge in [0.1, 0.15) is 24.0 Å². The van der Waals surface area contributed by atoms with Crippen molar-refractivity contribution in [1.29, 1.82) is 0 Å². The van der Waals surface area contributed by atoms with Gasteiger partial charge in [-0.3, -0.25) is 0 Å². The number of aliphatic hydroxyl groups is 1. The molecule has 3 heterocycles. The largest absolute Gasteiger partial charge is 0.462 e. The number of benzene rings is 1. The van der Waals surface area contributed by atoms with Gasteiger partial charge in [-0.05, 0) is 58.4 Å². The fraction of sp³-hybridized carbons (Fsp3) is 0.111. The molecule has 0 atom stereocenters. The van der Waals surface area contributed by atoms with Gasteiger partial charge in [0, 0.05) is 21.9 Å². The maximum Gasteiger partial charge on any atom is 0.178 e. The maximum absolute atomic E-state index is 9.01. The molecule has 0 saturated heterocycles. The van der Waals surface area contributed by atoms with Crippen LogP contribution in [0.2, 0.25) is 0 Å². The number of aromatic nitrogens is 3. The summed E-state index contributed by atoms with van der Waals surface area (Å²) < 4.78 is 6.37. The molecule has 1 aromatic carbocycles. The van der Waals surface area contributed by atoms with Gasteiger partial charge in [0.15, 0.2) is 5.65 Å². The second kappa shape index (κ2) is 6.70. The van der Waals surface area contributed by atoms with E-state index in [1.807, 2.05) is 36.4 Å². The quantitative estimate of drug-likeness (QED) is 0.471. The number of nitrogens with one attached hydrogen (secondary N) is 2. The van der Waals surface area contributed by atoms with Crippen LogP contribution in [-0.4, -0.2) is 20.1 Å². The fourth-order valence-corrected chi connectivity index (χ4v) is 2.88. The number of hydrogen-bond donors (Lipinski definition) is 3. The van der Waals surface area contributed by atoms with Crippen molar-refractivity contribution in [2.24, 2.45) is 0 Å². The molecule has 0 aliphatic rings. The first-order chi connectivity index (χ1) is 12.2. The number of aliphatic hydroxyl groups excluding tert-OH is 1. The molecule has 25 heavy (non-hydrogen) atoms. The first-order valence-electron chi connectivity index (χ1n) is 7.75. The Morgan fingerprint density at radius 3 is 2.68 bits per heavy atom. The molecule has 0 bridgehead atoms. The Morgan fingerprint density at radius 1 is 1.12 bits per heavy atom. The number of H-pyrrole nitrogens is 1. The van der Waals surface area contributed by atoms with E-state index in [4.69, 9.17) is 9.52 Å². The van der Waals surface area contributed by atoms with E-state index in [1.165, 1.54) is 0 Å². The normalized spacial score (nSPS) is 11.1. The minimum atomic E-state index is -0.0857. The van der Waals surface area contributed by atoms with Crippen molar-refractivity contribution in [3.8, 4) is 11.4 Å². The summed E-state index contributed by atoms with van der Waals surface area (Å²) >= 11 is 3.41. The minimum Gasteiger partial charge on any atom is -0.462 e. The molecule has 0 unspecified atom stereocenters. The molecular formula is C18H15BrN4O2. The lowest BCUT2D eigenvalue weighted by Gasteiger charge is -2.05. The molecule has 0 amide bonds. The van der Waals surface area contributed by atoms with E-state index in [9.17, 15) is 0 Å². The van der Waals surface area contributed by atoms with E-state index >= 15 is 0 Å². The van der Waals surface area contributed by atoms with Crippen LogP contribution in [-0.2, 0) is 13.2 Å². The minimum absolute atomic E-state index is 0.0857. The first-order valence-corrected chi connectivity index (χ1v) is 8.54. The van der Waals surface area contributed by atoms with Crippen LogP contribution >= 0.6 is 15.9 Å². The molecule has 7 heteroatoms. The number of rotatable bonds is 5. The summed E-state index contributed by atoms with van der Waals surface area (Å²) in [5.41, 5.74) is 3.55. The van der Waals surface area contributed by atoms with Crippen molar-refractivity contribution in [1.82, 2.24) is 15.0 Å². The van der Waals surface area contributed by atoms with Crippen LogP contribution in [0.3, 0.4) is 0 Å². The van der Waals surface area contributed by atoms with Gasteiger partial charge >= 0.3 is 0 Å². The summed E-state index contributed by atoms with van der Waals surface area (Å²) in [7, 11) is 0. The number of nitrogens with zero attached hydrogens (tertiary/aromatic N) is 2. The smallest absolute Gasteiger partial charge is 0.178 e. The Balaban J connectivity index is 1.48. The van der Waals surface area contributed by atoms with Crippen LogP contribution in [0.5, 0.6) is 0 Å². The van der Waals surface area contributed by atoms with Gasteiger partial charge in [-0.25, -0.2) is 9.97 Å². The highest BCUT2D eigenvalue weighted by molar-refractivity contribution is 9.10. The zero-order valence-electron chi connectivity index (χ0n) is 13.2. The highest BCUT2D eigenvalue weighted by Crippen LogP contribution is 2.23. The van der Waals surface area contributed by atoms with Gasteiger partial charge in [0.25, 0.3) is 0 Å². The van der Waals surface area contributed by atoms with Gasteiger partial charge in [-0.15, -0.1) is 0 Å². The molecular weight excluding hydrogens is 384 g/mol. The number of aromatic amines is 1. The molecule has 0 radical (unpaired) electrons. The summed E-state index contributed by atoms with van der Waals surface area (Å²) in [5, 5.41) is 12.3. The molecule has 4 rings (SSSR count). The molecule has 0 aliphatic heterocycles. The van der Waals surface area contributed by atoms with Gasteiger partial charge in [0.2, 0.25) is 0 Å². The lowest BCUT2D eigenvalue weighted by atomic mass is 10.2. The average molecular weight is 399 g/mol. The molecule has 3 aromatic heterocycles. The summed E-state index contributed by atoms with van der Waals surface area (Å²) in [4.78, 5) is 12.1. The van der Waals surface area contributed by atoms with Crippen LogP contribution in [0.15, 0.2) is 57.6 Å². The second-order valence-electron chi connectivity index (χ2n) is 5.57. The Hall–Kier alpha value is -2.64. The van der Waals surface area contributed by atoms with Crippen LogP contribution in [0, 0.1) is 0 Å². The Bertz CT molecular complexity index is 1010. The zero-order chi connectivity index (χ0) is 17.2. The third-order valence-electron chi connectivity index (χ3n) is 3.80. The standard InChI is InChI=1S/C18H15BrN4O2/c19-12-7-16-18(21-8-12)23-17(22-16)11-1-3-13(4-2-11)20-9-14-5-6-15(10-24)25-14/h1-8,20,24H,9-10H2,(H,21,22,23). The van der Waals surface area contributed by atoms with E-state index in [1.54, 1.807) is 12.3 Å². The van der Waals surface area contributed by atoms with Crippen molar-refractivity contribution in [3.63, 3.8) is 0 Å². The Labute approximate surface area is 152 Å². The van der Waals surface area contributed by atoms with Crippen LogP contribution in [0.25, 0.3) is 22.6 Å². The van der Waals surface area contributed by atoms with Crippen molar-refractivity contribution in [2.75, 3.05) is 5.32 Å². The number of hydrogen-bond acceptors (Lipinski definition) is 5. The summed E-state index contributed by atoms with van der Waals surface area (Å²) in [6.07, 6.45) is 1.73. The van der Waals surface area contributed by atoms with Crippen LogP contribution in [0.4, 0.5) is 5.69 Å². The number of halogens is 1. The summed E-state index contributed by atoms with van der Waals surface area (Å²) in [6.45, 7) is 0.472. The van der Waals surface area contributed by atoms with Gasteiger partial charge in [-0.1, -0.05) is 0 Å². The van der Waals surface area contributed by atoms with E-state index in [0.717, 1.165) is 32.8 Å². The predicted octanol–water partition coefficient (Wildman–Crippen LogP) is 4.08. The Morgan fingerprint density at radius 2 is 1.92 bits per heavy atom. The highest BCUT2D eigenvalue weighted by Gasteiger charge is 2.07. The van der Waals surface area contributed by atoms with E-state index in [0.29, 0.717) is 18.0 Å². The fourth-order valence-electron chi connectivity index (χ4n) is 2.55. The number of imidazole rings is 1. The van der Waals surface area contributed by atoms with E-state index in [-0.39, 0.29) is 6.61 Å².